The molecule has 1 N–H and O–H groups in total. The molecular formula is C18H16Cl2N2O5. The number of carbonyl (C=O) groups is 2. The van der Waals surface area contributed by atoms with Crippen LogP contribution in [0.5, 0.6) is 0 Å². The molecule has 2 aromatic rings. The van der Waals surface area contributed by atoms with E-state index in [0.717, 1.165) is 6.07 Å². The van der Waals surface area contributed by atoms with Gasteiger partial charge in [-0.15, -0.1) is 0 Å². The minimum Gasteiger partial charge on any atom is -0.466 e. The molecule has 9 heteroatoms. The molecule has 0 saturated carbocycles. The highest BCUT2D eigenvalue weighted by molar-refractivity contribution is 6.34. The zero-order valence-corrected chi connectivity index (χ0v) is 15.8. The summed E-state index contributed by atoms with van der Waals surface area (Å²) in [5.41, 5.74) is 0.165. The predicted molar refractivity (Wildman–Crippen MR) is 101 cm³/mol. The molecular weight excluding hydrogens is 395 g/mol. The molecule has 0 aliphatic carbocycles. The van der Waals surface area contributed by atoms with Crippen LogP contribution < -0.4 is 5.32 Å². The van der Waals surface area contributed by atoms with Crippen molar-refractivity contribution in [2.24, 2.45) is 0 Å². The van der Waals surface area contributed by atoms with Gasteiger partial charge < -0.3 is 10.1 Å². The number of hydrogen-bond donors (Lipinski definition) is 1. The van der Waals surface area contributed by atoms with Crippen LogP contribution in [-0.2, 0) is 9.53 Å². The minimum atomic E-state index is -0.791. The zero-order chi connectivity index (χ0) is 20.0. The fraction of sp³-hybridized carbons (Fsp3) is 0.222. The van der Waals surface area contributed by atoms with Gasteiger partial charge in [-0.3, -0.25) is 19.7 Å². The Balaban J connectivity index is 2.33. The van der Waals surface area contributed by atoms with E-state index in [1.165, 1.54) is 12.1 Å². The molecule has 0 aliphatic heterocycles. The highest BCUT2D eigenvalue weighted by Crippen LogP contribution is 2.27. The van der Waals surface area contributed by atoms with Crippen LogP contribution in [0.15, 0.2) is 42.5 Å². The second kappa shape index (κ2) is 9.34. The van der Waals surface area contributed by atoms with Crippen LogP contribution in [-0.4, -0.2) is 23.4 Å². The quantitative estimate of drug-likeness (QED) is 0.416. The molecule has 2 rings (SSSR count). The van der Waals surface area contributed by atoms with Crippen molar-refractivity contribution >= 4 is 40.8 Å². The maximum atomic E-state index is 12.7. The number of non-ortho nitro benzene ring substituents is 1. The Kier molecular flexibility index (Phi) is 7.15. The van der Waals surface area contributed by atoms with Crippen LogP contribution >= 0.6 is 23.2 Å². The molecule has 0 heterocycles. The lowest BCUT2D eigenvalue weighted by Gasteiger charge is -2.20. The van der Waals surface area contributed by atoms with Crippen molar-refractivity contribution in [2.45, 2.75) is 19.4 Å². The Morgan fingerprint density at radius 1 is 1.19 bits per heavy atom. The number of nitrogens with zero attached hydrogens (tertiary/aromatic N) is 1. The van der Waals surface area contributed by atoms with Gasteiger partial charge in [0, 0.05) is 17.2 Å². The molecule has 0 unspecified atom stereocenters. The first-order valence-electron chi connectivity index (χ1n) is 7.98. The molecule has 0 aliphatic rings. The van der Waals surface area contributed by atoms with Crippen LogP contribution in [0.3, 0.4) is 0 Å². The second-order valence-corrected chi connectivity index (χ2v) is 6.29. The van der Waals surface area contributed by atoms with Crippen molar-refractivity contribution in [1.82, 2.24) is 5.32 Å². The fourth-order valence-corrected chi connectivity index (χ4v) is 2.89. The second-order valence-electron chi connectivity index (χ2n) is 5.48. The van der Waals surface area contributed by atoms with E-state index in [1.54, 1.807) is 31.2 Å². The summed E-state index contributed by atoms with van der Waals surface area (Å²) in [6.45, 7) is 1.86. The van der Waals surface area contributed by atoms with Crippen molar-refractivity contribution in [2.75, 3.05) is 6.61 Å². The fourth-order valence-electron chi connectivity index (χ4n) is 2.42. The van der Waals surface area contributed by atoms with Crippen molar-refractivity contribution in [3.8, 4) is 0 Å². The third-order valence-electron chi connectivity index (χ3n) is 3.67. The first-order chi connectivity index (χ1) is 12.8. The first kappa shape index (κ1) is 20.7. The highest BCUT2D eigenvalue weighted by atomic mass is 35.5. The normalized spacial score (nSPS) is 11.5. The maximum Gasteiger partial charge on any atom is 0.308 e. The number of rotatable bonds is 7. The smallest absolute Gasteiger partial charge is 0.308 e. The average Bonchev–Trinajstić information content (AvgIpc) is 2.61. The molecule has 0 bridgehead atoms. The highest BCUT2D eigenvalue weighted by Gasteiger charge is 2.24. The lowest BCUT2D eigenvalue weighted by molar-refractivity contribution is -0.384. The Hall–Kier alpha value is -2.64. The number of nitrogens with one attached hydrogen (secondary N) is 1. The predicted octanol–water partition coefficient (Wildman–Crippen LogP) is 4.33. The van der Waals surface area contributed by atoms with Crippen LogP contribution in [0, 0.1) is 10.1 Å². The molecule has 1 atom stereocenters. The zero-order valence-electron chi connectivity index (χ0n) is 14.3. The number of ether oxygens (including phenoxy) is 1. The number of nitro benzene ring substituents is 1. The monoisotopic (exact) mass is 410 g/mol. The van der Waals surface area contributed by atoms with E-state index in [0.29, 0.717) is 10.6 Å². The van der Waals surface area contributed by atoms with E-state index in [9.17, 15) is 19.7 Å². The molecule has 27 heavy (non-hydrogen) atoms. The van der Waals surface area contributed by atoms with Crippen LogP contribution in [0.2, 0.25) is 10.0 Å². The van der Waals surface area contributed by atoms with Crippen LogP contribution in [0.25, 0.3) is 0 Å². The average molecular weight is 411 g/mol. The molecule has 0 spiro atoms. The molecule has 142 valence electrons. The van der Waals surface area contributed by atoms with Crippen molar-refractivity contribution in [3.05, 3.63) is 73.8 Å². The van der Waals surface area contributed by atoms with Crippen molar-refractivity contribution in [1.29, 1.82) is 0 Å². The van der Waals surface area contributed by atoms with Gasteiger partial charge in [0.2, 0.25) is 0 Å². The van der Waals surface area contributed by atoms with E-state index >= 15 is 0 Å². The Morgan fingerprint density at radius 3 is 2.52 bits per heavy atom. The number of halogens is 2. The lowest BCUT2D eigenvalue weighted by Crippen LogP contribution is -2.31. The Morgan fingerprint density at radius 2 is 1.89 bits per heavy atom. The minimum absolute atomic E-state index is 0.0483. The van der Waals surface area contributed by atoms with E-state index < -0.39 is 22.8 Å². The molecule has 2 aromatic carbocycles. The Labute approximate surface area is 165 Å². The number of nitro groups is 1. The number of benzene rings is 2. The molecule has 7 nitrogen and oxygen atoms in total. The third-order valence-corrected chi connectivity index (χ3v) is 4.34. The largest absolute Gasteiger partial charge is 0.466 e. The third kappa shape index (κ3) is 5.42. The number of carbonyl (C=O) groups excluding carboxylic acids is 2. The topological polar surface area (TPSA) is 98.5 Å². The molecule has 0 saturated heterocycles. The standard InChI is InChI=1S/C18H16Cl2N2O5/c1-2-27-17(23)10-16(12-5-3-4-6-14(12)19)21-18(24)13-9-11(22(25)26)7-8-15(13)20/h3-9,16H,2,10H2,1H3,(H,21,24)/t16-/m0/s1. The summed E-state index contributed by atoms with van der Waals surface area (Å²) in [4.78, 5) is 34.9. The summed E-state index contributed by atoms with van der Waals surface area (Å²) in [6.07, 6.45) is -0.157. The molecule has 1 amide bonds. The van der Waals surface area contributed by atoms with Gasteiger partial charge in [-0.25, -0.2) is 0 Å². The van der Waals surface area contributed by atoms with Gasteiger partial charge in [0.25, 0.3) is 11.6 Å². The molecule has 0 fully saturated rings. The summed E-state index contributed by atoms with van der Waals surface area (Å²) in [7, 11) is 0. The number of esters is 1. The van der Waals surface area contributed by atoms with Crippen LogP contribution in [0.1, 0.15) is 35.3 Å². The van der Waals surface area contributed by atoms with Gasteiger partial charge >= 0.3 is 5.97 Å². The first-order valence-corrected chi connectivity index (χ1v) is 8.74. The summed E-state index contributed by atoms with van der Waals surface area (Å²) in [6, 6.07) is 9.47. The van der Waals surface area contributed by atoms with E-state index in [4.69, 9.17) is 27.9 Å². The van der Waals surface area contributed by atoms with Gasteiger partial charge in [0.1, 0.15) is 0 Å². The summed E-state index contributed by atoms with van der Waals surface area (Å²) in [5.74, 6) is -1.19. The van der Waals surface area contributed by atoms with E-state index in [2.05, 4.69) is 5.32 Å². The van der Waals surface area contributed by atoms with Gasteiger partial charge in [-0.05, 0) is 24.6 Å². The van der Waals surface area contributed by atoms with Gasteiger partial charge in [0.05, 0.1) is 34.6 Å². The number of amides is 1. The lowest BCUT2D eigenvalue weighted by atomic mass is 10.0. The van der Waals surface area contributed by atoms with Gasteiger partial charge in [-0.1, -0.05) is 41.4 Å². The van der Waals surface area contributed by atoms with Crippen LogP contribution in [0.4, 0.5) is 5.69 Å². The summed E-state index contributed by atoms with van der Waals surface area (Å²) >= 11 is 12.2. The summed E-state index contributed by atoms with van der Waals surface area (Å²) in [5, 5.41) is 14.0. The van der Waals surface area contributed by atoms with E-state index in [-0.39, 0.29) is 29.3 Å². The SMILES string of the molecule is CCOC(=O)C[C@H](NC(=O)c1cc([N+](=O)[O-])ccc1Cl)c1ccccc1Cl. The maximum absolute atomic E-state index is 12.7. The number of hydrogen-bond acceptors (Lipinski definition) is 5. The van der Waals surface area contributed by atoms with Crippen molar-refractivity contribution in [3.63, 3.8) is 0 Å². The summed E-state index contributed by atoms with van der Waals surface area (Å²) < 4.78 is 4.95. The van der Waals surface area contributed by atoms with E-state index in [1.807, 2.05) is 0 Å². The Bertz CT molecular complexity index is 873. The molecule has 0 radical (unpaired) electrons. The van der Waals surface area contributed by atoms with Crippen molar-refractivity contribution < 1.29 is 19.2 Å². The van der Waals surface area contributed by atoms with Gasteiger partial charge in [0.15, 0.2) is 0 Å². The van der Waals surface area contributed by atoms with Gasteiger partial charge in [-0.2, -0.15) is 0 Å². The molecule has 0 aromatic heterocycles.